The van der Waals surface area contributed by atoms with Crippen LogP contribution in [0, 0.1) is 26.7 Å². The Morgan fingerprint density at radius 3 is 2.53 bits per heavy atom. The second-order valence-corrected chi connectivity index (χ2v) is 10.8. The van der Waals surface area contributed by atoms with Crippen molar-refractivity contribution in [2.24, 2.45) is 5.92 Å². The van der Waals surface area contributed by atoms with Crippen LogP contribution in [-0.4, -0.2) is 72.9 Å². The van der Waals surface area contributed by atoms with Gasteiger partial charge in [-0.1, -0.05) is 35.0 Å². The molecule has 1 amide bonds. The normalized spacial score (nSPS) is 21.1. The largest absolute Gasteiger partial charge is 0.360 e. The van der Waals surface area contributed by atoms with E-state index < -0.39 is 10.0 Å². The molecule has 1 aromatic carbocycles. The van der Waals surface area contributed by atoms with Crippen LogP contribution in [0.3, 0.4) is 0 Å². The Morgan fingerprint density at radius 1 is 1.12 bits per heavy atom. The van der Waals surface area contributed by atoms with Crippen LogP contribution in [0.5, 0.6) is 0 Å². The van der Waals surface area contributed by atoms with E-state index in [1.807, 2.05) is 4.90 Å². The Bertz CT molecular complexity index is 1050. The third kappa shape index (κ3) is 4.74. The maximum Gasteiger partial charge on any atom is 0.248 e. The number of aryl methyl sites for hydroxylation is 3. The summed E-state index contributed by atoms with van der Waals surface area (Å²) in [6, 6.07) is 8.52. The fraction of sp³-hybridized carbons (Fsp3) is 0.565. The fourth-order valence-corrected chi connectivity index (χ4v) is 6.60. The molecule has 0 radical (unpaired) electrons. The Kier molecular flexibility index (Phi) is 6.69. The lowest BCUT2D eigenvalue weighted by atomic mass is 9.97. The molecule has 0 saturated carbocycles. The molecule has 9 heteroatoms. The zero-order chi connectivity index (χ0) is 22.9. The van der Waals surface area contributed by atoms with E-state index in [1.165, 1.54) is 15.4 Å². The van der Waals surface area contributed by atoms with E-state index in [1.54, 1.807) is 13.8 Å². The highest BCUT2D eigenvalue weighted by Crippen LogP contribution is 2.28. The van der Waals surface area contributed by atoms with E-state index in [0.29, 0.717) is 37.5 Å². The van der Waals surface area contributed by atoms with Crippen molar-refractivity contribution in [2.45, 2.75) is 45.1 Å². The zero-order valence-electron chi connectivity index (χ0n) is 19.1. The second-order valence-electron chi connectivity index (χ2n) is 8.95. The molecule has 0 aliphatic carbocycles. The predicted molar refractivity (Wildman–Crippen MR) is 120 cm³/mol. The number of hydrogen-bond acceptors (Lipinski definition) is 6. The van der Waals surface area contributed by atoms with Gasteiger partial charge in [-0.05, 0) is 39.2 Å². The Morgan fingerprint density at radius 2 is 1.88 bits per heavy atom. The van der Waals surface area contributed by atoms with Crippen molar-refractivity contribution in [3.8, 4) is 0 Å². The summed E-state index contributed by atoms with van der Waals surface area (Å²) < 4.78 is 32.8. The number of aromatic nitrogens is 1. The van der Waals surface area contributed by atoms with E-state index in [-0.39, 0.29) is 23.3 Å². The van der Waals surface area contributed by atoms with Gasteiger partial charge in [-0.2, -0.15) is 4.31 Å². The first-order valence-corrected chi connectivity index (χ1v) is 12.7. The van der Waals surface area contributed by atoms with Gasteiger partial charge in [0.15, 0.2) is 5.76 Å². The van der Waals surface area contributed by atoms with Gasteiger partial charge in [0, 0.05) is 45.8 Å². The summed E-state index contributed by atoms with van der Waals surface area (Å²) in [6.45, 7) is 9.86. The van der Waals surface area contributed by atoms with E-state index in [4.69, 9.17) is 4.52 Å². The molecular weight excluding hydrogens is 428 g/mol. The third-order valence-electron chi connectivity index (χ3n) is 6.47. The van der Waals surface area contributed by atoms with Crippen molar-refractivity contribution in [1.29, 1.82) is 0 Å². The quantitative estimate of drug-likeness (QED) is 0.681. The van der Waals surface area contributed by atoms with Gasteiger partial charge in [0.25, 0.3) is 0 Å². The number of sulfonamides is 1. The van der Waals surface area contributed by atoms with Gasteiger partial charge in [-0.3, -0.25) is 9.69 Å². The number of benzene rings is 1. The van der Waals surface area contributed by atoms with Gasteiger partial charge in [-0.15, -0.1) is 0 Å². The fourth-order valence-electron chi connectivity index (χ4n) is 4.79. The Hall–Kier alpha value is -2.23. The SMILES string of the molecule is Cc1cccc(CN2CCN(C(=O)C3CCCN(S(=O)(=O)c4c(C)noc4C)C3)CC2)c1. The van der Waals surface area contributed by atoms with Gasteiger partial charge < -0.3 is 9.42 Å². The van der Waals surface area contributed by atoms with Crippen molar-refractivity contribution in [2.75, 3.05) is 39.3 Å². The van der Waals surface area contributed by atoms with E-state index in [0.717, 1.165) is 26.1 Å². The molecule has 2 aromatic rings. The number of rotatable bonds is 5. The summed E-state index contributed by atoms with van der Waals surface area (Å²) in [5.74, 6) is 0.0573. The lowest BCUT2D eigenvalue weighted by Crippen LogP contribution is -2.52. The number of piperazine rings is 1. The average molecular weight is 461 g/mol. The number of carbonyl (C=O) groups excluding carboxylic acids is 1. The molecule has 4 rings (SSSR count). The minimum Gasteiger partial charge on any atom is -0.360 e. The van der Waals surface area contributed by atoms with Crippen LogP contribution >= 0.6 is 0 Å². The summed E-state index contributed by atoms with van der Waals surface area (Å²) in [7, 11) is -3.73. The molecule has 32 heavy (non-hydrogen) atoms. The molecule has 2 aliphatic heterocycles. The molecule has 2 fully saturated rings. The van der Waals surface area contributed by atoms with Crippen LogP contribution in [0.1, 0.15) is 35.4 Å². The van der Waals surface area contributed by atoms with Gasteiger partial charge in [-0.25, -0.2) is 8.42 Å². The van der Waals surface area contributed by atoms with E-state index in [2.05, 4.69) is 41.2 Å². The molecule has 0 spiro atoms. The van der Waals surface area contributed by atoms with Gasteiger partial charge >= 0.3 is 0 Å². The maximum absolute atomic E-state index is 13.2. The van der Waals surface area contributed by atoms with Gasteiger partial charge in [0.1, 0.15) is 10.6 Å². The van der Waals surface area contributed by atoms with Crippen molar-refractivity contribution in [3.63, 3.8) is 0 Å². The van der Waals surface area contributed by atoms with Crippen molar-refractivity contribution in [3.05, 3.63) is 46.8 Å². The number of hydrogen-bond donors (Lipinski definition) is 0. The van der Waals surface area contributed by atoms with Crippen molar-refractivity contribution in [1.82, 2.24) is 19.3 Å². The monoisotopic (exact) mass is 460 g/mol. The van der Waals surface area contributed by atoms with Crippen LogP contribution < -0.4 is 0 Å². The zero-order valence-corrected chi connectivity index (χ0v) is 19.9. The van der Waals surface area contributed by atoms with Crippen molar-refractivity contribution >= 4 is 15.9 Å². The average Bonchev–Trinajstić information content (AvgIpc) is 3.12. The first-order valence-electron chi connectivity index (χ1n) is 11.3. The summed E-state index contributed by atoms with van der Waals surface area (Å²) in [5.41, 5.74) is 2.91. The lowest BCUT2D eigenvalue weighted by molar-refractivity contribution is -0.138. The standard InChI is InChI=1S/C23H32N4O4S/c1-17-6-4-7-20(14-17)15-25-10-12-26(13-11-25)23(28)21-8-5-9-27(16-21)32(29,30)22-18(2)24-31-19(22)3/h4,6-7,14,21H,5,8-13,15-16H2,1-3H3. The first-order chi connectivity index (χ1) is 15.3. The lowest BCUT2D eigenvalue weighted by Gasteiger charge is -2.38. The molecule has 0 bridgehead atoms. The molecule has 8 nitrogen and oxygen atoms in total. The number of piperidine rings is 1. The maximum atomic E-state index is 13.2. The second kappa shape index (κ2) is 9.33. The number of nitrogens with zero attached hydrogens (tertiary/aromatic N) is 4. The van der Waals surface area contributed by atoms with Crippen LogP contribution in [0.2, 0.25) is 0 Å². The predicted octanol–water partition coefficient (Wildman–Crippen LogP) is 2.34. The number of carbonyl (C=O) groups is 1. The molecule has 2 saturated heterocycles. The molecule has 0 N–H and O–H groups in total. The minimum absolute atomic E-state index is 0.0684. The van der Waals surface area contributed by atoms with Gasteiger partial charge in [0.2, 0.25) is 15.9 Å². The Balaban J connectivity index is 1.36. The smallest absolute Gasteiger partial charge is 0.248 e. The summed E-state index contributed by atoms with van der Waals surface area (Å²) in [6.07, 6.45) is 1.39. The van der Waals surface area contributed by atoms with E-state index >= 15 is 0 Å². The molecule has 1 unspecified atom stereocenters. The summed E-state index contributed by atoms with van der Waals surface area (Å²) in [4.78, 5) is 17.6. The van der Waals surface area contributed by atoms with Gasteiger partial charge in [0.05, 0.1) is 5.92 Å². The Labute approximate surface area is 190 Å². The molecular formula is C23H32N4O4S. The molecule has 174 valence electrons. The third-order valence-corrected chi connectivity index (χ3v) is 8.58. The summed E-state index contributed by atoms with van der Waals surface area (Å²) >= 11 is 0. The van der Waals surface area contributed by atoms with Crippen LogP contribution in [0.15, 0.2) is 33.7 Å². The summed E-state index contributed by atoms with van der Waals surface area (Å²) in [5, 5.41) is 3.79. The van der Waals surface area contributed by atoms with Crippen LogP contribution in [-0.2, 0) is 21.4 Å². The first kappa shape index (κ1) is 22.9. The van der Waals surface area contributed by atoms with Crippen molar-refractivity contribution < 1.29 is 17.7 Å². The van der Waals surface area contributed by atoms with E-state index in [9.17, 15) is 13.2 Å². The molecule has 2 aliphatic rings. The molecule has 3 heterocycles. The minimum atomic E-state index is -3.73. The highest BCUT2D eigenvalue weighted by molar-refractivity contribution is 7.89. The highest BCUT2D eigenvalue weighted by Gasteiger charge is 2.38. The molecule has 1 atom stereocenters. The number of amides is 1. The highest BCUT2D eigenvalue weighted by atomic mass is 32.2. The molecule has 1 aromatic heterocycles. The van der Waals surface area contributed by atoms with Crippen LogP contribution in [0.4, 0.5) is 0 Å². The topological polar surface area (TPSA) is 87.0 Å². The van der Waals surface area contributed by atoms with Crippen LogP contribution in [0.25, 0.3) is 0 Å².